The lowest BCUT2D eigenvalue weighted by molar-refractivity contribution is -0.123. The highest BCUT2D eigenvalue weighted by Crippen LogP contribution is 2.41. The minimum Gasteiger partial charge on any atom is -0.454 e. The number of fused-ring (bicyclic) bond motifs is 1. The predicted octanol–water partition coefficient (Wildman–Crippen LogP) is 7.05. The van der Waals surface area contributed by atoms with Gasteiger partial charge in [-0.1, -0.05) is 37.5 Å². The highest BCUT2D eigenvalue weighted by molar-refractivity contribution is 6.08. The van der Waals surface area contributed by atoms with Gasteiger partial charge in [-0.15, -0.1) is 0 Å². The molecule has 206 valence electrons. The molecular formula is C33H41N3O3. The van der Waals surface area contributed by atoms with Crippen molar-refractivity contribution >= 4 is 23.4 Å². The average molecular weight is 528 g/mol. The number of ether oxygens (including phenoxy) is 2. The first-order valence-electron chi connectivity index (χ1n) is 15.0. The fourth-order valence-corrected chi connectivity index (χ4v) is 6.52. The number of hydrogen-bond donors (Lipinski definition) is 2. The van der Waals surface area contributed by atoms with Crippen molar-refractivity contribution in [1.82, 2.24) is 5.32 Å². The molecule has 0 unspecified atom stereocenters. The van der Waals surface area contributed by atoms with Crippen molar-refractivity contribution in [2.45, 2.75) is 82.6 Å². The van der Waals surface area contributed by atoms with Gasteiger partial charge in [-0.2, -0.15) is 0 Å². The summed E-state index contributed by atoms with van der Waals surface area (Å²) in [6.45, 7) is 1.09. The molecule has 0 bridgehead atoms. The number of rotatable bonds is 9. The standard InChI is InChI=1S/C33H41N3O3/c34-19-28(20-35-29-14-15-29)26-7-4-8-30(17-26)36(33(37)25-5-2-1-3-6-25)21-23-9-11-24(12-10-23)27-13-16-31-32(18-27)39-22-38-31/h4,7-8,13,16-20,23-25,29,34-35H,1-3,5-6,9-12,14-15,21-22H2/b28-20+,34-19?. The van der Waals surface area contributed by atoms with E-state index in [1.54, 1.807) is 0 Å². The maximum atomic E-state index is 14.0. The van der Waals surface area contributed by atoms with Gasteiger partial charge in [0, 0.05) is 42.2 Å². The van der Waals surface area contributed by atoms with Crippen LogP contribution in [0.15, 0.2) is 48.7 Å². The molecule has 2 aromatic rings. The predicted molar refractivity (Wildman–Crippen MR) is 156 cm³/mol. The van der Waals surface area contributed by atoms with Crippen molar-refractivity contribution in [2.24, 2.45) is 11.8 Å². The third kappa shape index (κ3) is 6.15. The first-order chi connectivity index (χ1) is 19.2. The van der Waals surface area contributed by atoms with E-state index in [0.717, 1.165) is 86.2 Å². The Morgan fingerprint density at radius 2 is 1.72 bits per heavy atom. The number of amides is 1. The minimum absolute atomic E-state index is 0.127. The van der Waals surface area contributed by atoms with Gasteiger partial charge in [-0.3, -0.25) is 4.79 Å². The van der Waals surface area contributed by atoms with E-state index in [4.69, 9.17) is 14.9 Å². The zero-order chi connectivity index (χ0) is 26.6. The number of nitrogens with one attached hydrogen (secondary N) is 2. The average Bonchev–Trinajstić information content (AvgIpc) is 3.70. The van der Waals surface area contributed by atoms with Gasteiger partial charge in [0.15, 0.2) is 11.5 Å². The summed E-state index contributed by atoms with van der Waals surface area (Å²) in [6, 6.07) is 15.2. The Hall–Kier alpha value is -3.28. The second kappa shape index (κ2) is 11.8. The van der Waals surface area contributed by atoms with Gasteiger partial charge in [0.05, 0.1) is 0 Å². The molecule has 4 aliphatic rings. The van der Waals surface area contributed by atoms with E-state index < -0.39 is 0 Å². The number of anilines is 1. The summed E-state index contributed by atoms with van der Waals surface area (Å²) in [5, 5.41) is 11.4. The maximum Gasteiger partial charge on any atom is 0.231 e. The summed E-state index contributed by atoms with van der Waals surface area (Å²) < 4.78 is 11.1. The van der Waals surface area contributed by atoms with Crippen LogP contribution >= 0.6 is 0 Å². The van der Waals surface area contributed by atoms with Crippen LogP contribution in [0.2, 0.25) is 0 Å². The summed E-state index contributed by atoms with van der Waals surface area (Å²) >= 11 is 0. The SMILES string of the molecule is N=C/C(=C\NC1CC1)c1cccc(N(CC2CCC(c3ccc4c(c3)OCO4)CC2)C(=O)C2CCCCC2)c1. The Morgan fingerprint density at radius 1 is 0.923 bits per heavy atom. The van der Waals surface area contributed by atoms with E-state index in [2.05, 4.69) is 40.5 Å². The lowest BCUT2D eigenvalue weighted by Crippen LogP contribution is -2.41. The van der Waals surface area contributed by atoms with E-state index in [1.165, 1.54) is 31.0 Å². The van der Waals surface area contributed by atoms with Crippen molar-refractivity contribution in [3.63, 3.8) is 0 Å². The molecule has 0 aromatic heterocycles. The van der Waals surface area contributed by atoms with E-state index in [-0.39, 0.29) is 5.92 Å². The van der Waals surface area contributed by atoms with Gasteiger partial charge in [0.25, 0.3) is 0 Å². The van der Waals surface area contributed by atoms with Gasteiger partial charge < -0.3 is 25.1 Å². The third-order valence-electron chi connectivity index (χ3n) is 9.07. The summed E-state index contributed by atoms with van der Waals surface area (Å²) in [7, 11) is 0. The summed E-state index contributed by atoms with van der Waals surface area (Å²) in [6.07, 6.45) is 15.8. The molecule has 2 aromatic carbocycles. The van der Waals surface area contributed by atoms with E-state index in [9.17, 15) is 4.79 Å². The number of nitrogens with zero attached hydrogens (tertiary/aromatic N) is 1. The summed E-state index contributed by atoms with van der Waals surface area (Å²) in [4.78, 5) is 16.1. The van der Waals surface area contributed by atoms with Gasteiger partial charge >= 0.3 is 0 Å². The number of carbonyl (C=O) groups excluding carboxylic acids is 1. The van der Waals surface area contributed by atoms with Crippen LogP contribution in [0.4, 0.5) is 5.69 Å². The molecule has 6 nitrogen and oxygen atoms in total. The number of benzene rings is 2. The van der Waals surface area contributed by atoms with Crippen LogP contribution in [-0.4, -0.2) is 31.5 Å². The molecule has 39 heavy (non-hydrogen) atoms. The maximum absolute atomic E-state index is 14.0. The van der Waals surface area contributed by atoms with Crippen LogP contribution in [0.3, 0.4) is 0 Å². The molecule has 1 amide bonds. The van der Waals surface area contributed by atoms with Gasteiger partial charge in [-0.25, -0.2) is 0 Å². The van der Waals surface area contributed by atoms with Crippen molar-refractivity contribution in [1.29, 1.82) is 5.41 Å². The van der Waals surface area contributed by atoms with Gasteiger partial charge in [-0.05, 0) is 98.6 Å². The van der Waals surface area contributed by atoms with Crippen LogP contribution in [0.5, 0.6) is 11.5 Å². The van der Waals surface area contributed by atoms with Gasteiger partial charge in [0.1, 0.15) is 0 Å². The van der Waals surface area contributed by atoms with Crippen LogP contribution < -0.4 is 19.7 Å². The molecule has 0 atom stereocenters. The Kier molecular flexibility index (Phi) is 7.89. The monoisotopic (exact) mass is 527 g/mol. The zero-order valence-corrected chi connectivity index (χ0v) is 22.9. The number of carbonyl (C=O) groups is 1. The molecule has 0 saturated heterocycles. The second-order valence-electron chi connectivity index (χ2n) is 11.8. The normalized spacial score (nSPS) is 23.3. The highest BCUT2D eigenvalue weighted by atomic mass is 16.7. The molecule has 3 saturated carbocycles. The Morgan fingerprint density at radius 3 is 2.49 bits per heavy atom. The first-order valence-corrected chi connectivity index (χ1v) is 15.0. The largest absolute Gasteiger partial charge is 0.454 e. The van der Waals surface area contributed by atoms with Crippen molar-refractivity contribution in [2.75, 3.05) is 18.2 Å². The fraction of sp³-hybridized carbons (Fsp3) is 0.515. The molecule has 6 rings (SSSR count). The minimum atomic E-state index is 0.127. The van der Waals surface area contributed by atoms with Gasteiger partial charge in [0.2, 0.25) is 12.7 Å². The van der Waals surface area contributed by atoms with E-state index in [0.29, 0.717) is 30.6 Å². The van der Waals surface area contributed by atoms with E-state index in [1.807, 2.05) is 18.3 Å². The molecule has 1 heterocycles. The number of hydrogen-bond acceptors (Lipinski definition) is 5. The molecule has 6 heteroatoms. The lowest BCUT2D eigenvalue weighted by atomic mass is 9.78. The molecule has 3 aliphatic carbocycles. The Labute approximate surface area is 232 Å². The second-order valence-corrected chi connectivity index (χ2v) is 11.8. The molecular weight excluding hydrogens is 486 g/mol. The lowest BCUT2D eigenvalue weighted by Gasteiger charge is -2.35. The molecule has 2 N–H and O–H groups in total. The smallest absolute Gasteiger partial charge is 0.231 e. The molecule has 1 aliphatic heterocycles. The first kappa shape index (κ1) is 26.0. The Bertz CT molecular complexity index is 1210. The molecule has 3 fully saturated rings. The third-order valence-corrected chi connectivity index (χ3v) is 9.07. The fourth-order valence-electron chi connectivity index (χ4n) is 6.52. The van der Waals surface area contributed by atoms with Crippen molar-refractivity contribution < 1.29 is 14.3 Å². The van der Waals surface area contributed by atoms with Crippen LogP contribution in [0.25, 0.3) is 5.57 Å². The van der Waals surface area contributed by atoms with Crippen LogP contribution in [-0.2, 0) is 4.79 Å². The Balaban J connectivity index is 1.18. The summed E-state index contributed by atoms with van der Waals surface area (Å²) in [5.74, 6) is 3.14. The summed E-state index contributed by atoms with van der Waals surface area (Å²) in [5.41, 5.74) is 4.16. The molecule has 0 radical (unpaired) electrons. The number of allylic oxidation sites excluding steroid dienone is 1. The van der Waals surface area contributed by atoms with Crippen molar-refractivity contribution in [3.05, 3.63) is 59.8 Å². The highest BCUT2D eigenvalue weighted by Gasteiger charge is 2.31. The van der Waals surface area contributed by atoms with Crippen LogP contribution in [0, 0.1) is 17.2 Å². The molecule has 0 spiro atoms. The van der Waals surface area contributed by atoms with Crippen molar-refractivity contribution in [3.8, 4) is 11.5 Å². The topological polar surface area (TPSA) is 74.7 Å². The quantitative estimate of drug-likeness (QED) is 0.343. The van der Waals surface area contributed by atoms with E-state index >= 15 is 0 Å². The zero-order valence-electron chi connectivity index (χ0n) is 22.9. The van der Waals surface area contributed by atoms with Crippen LogP contribution in [0.1, 0.15) is 87.7 Å².